The van der Waals surface area contributed by atoms with Gasteiger partial charge in [-0.15, -0.1) is 0 Å². The lowest BCUT2D eigenvalue weighted by atomic mass is 9.39. The lowest BCUT2D eigenvalue weighted by molar-refractivity contribution is -0.196. The van der Waals surface area contributed by atoms with Gasteiger partial charge in [0.2, 0.25) is 0 Å². The van der Waals surface area contributed by atoms with E-state index < -0.39 is 11.8 Å². The second-order valence-electron chi connectivity index (χ2n) is 12.7. The normalized spacial score (nSPS) is 46.8. The number of ether oxygens (including phenoxy) is 3. The second-order valence-corrected chi connectivity index (χ2v) is 13.6. The molecule has 9 unspecified atom stereocenters. The van der Waals surface area contributed by atoms with Crippen molar-refractivity contribution in [2.45, 2.75) is 111 Å². The molecule has 5 aliphatic rings. The Morgan fingerprint density at radius 3 is 2.37 bits per heavy atom. The summed E-state index contributed by atoms with van der Waals surface area (Å²) in [4.78, 5) is 24.5. The van der Waals surface area contributed by atoms with Crippen molar-refractivity contribution in [2.24, 2.45) is 39.9 Å². The fourth-order valence-electron chi connectivity index (χ4n) is 9.48. The molecule has 0 aromatic rings. The number of hydrogen-bond acceptors (Lipinski definition) is 6. The van der Waals surface area contributed by atoms with Gasteiger partial charge in [0.25, 0.3) is 0 Å². The minimum atomic E-state index is -0.473. The van der Waals surface area contributed by atoms with Gasteiger partial charge in [0.1, 0.15) is 12.7 Å². The zero-order valence-corrected chi connectivity index (χ0v) is 23.9. The summed E-state index contributed by atoms with van der Waals surface area (Å²) in [6, 6.07) is 0. The van der Waals surface area contributed by atoms with Crippen LogP contribution in [0.15, 0.2) is 0 Å². The minimum Gasteiger partial charge on any atom is -0.462 e. The molecule has 0 amide bonds. The van der Waals surface area contributed by atoms with E-state index in [4.69, 9.17) is 14.2 Å². The SMILES string of the molecule is CC.CSCC(C)C(=O)OC1CCC2(C)C(CCC3(C)C2CCC2(C)C3CCC23COC(=O)O3)C1. The third-order valence-electron chi connectivity index (χ3n) is 11.3. The molecular formula is C29H48O5S. The number of fused-ring (bicyclic) bond motifs is 6. The Morgan fingerprint density at radius 2 is 1.71 bits per heavy atom. The van der Waals surface area contributed by atoms with Gasteiger partial charge in [0.15, 0.2) is 5.60 Å². The van der Waals surface area contributed by atoms with E-state index in [0.29, 0.717) is 29.8 Å². The van der Waals surface area contributed by atoms with Crippen LogP contribution in [-0.2, 0) is 19.0 Å². The summed E-state index contributed by atoms with van der Waals surface area (Å²) >= 11 is 1.71. The lowest BCUT2D eigenvalue weighted by Crippen LogP contribution is -2.61. The quantitative estimate of drug-likeness (QED) is 0.372. The van der Waals surface area contributed by atoms with E-state index in [2.05, 4.69) is 20.8 Å². The average molecular weight is 509 g/mol. The smallest absolute Gasteiger partial charge is 0.462 e. The molecule has 0 radical (unpaired) electrons. The standard InChI is InChI=1S/C27H42O5S.C2H6/c1-17(15-33-5)22(28)31-19-7-11-24(2)18(14-19)6-10-25(3)20(24)8-12-26(4)21(25)9-13-27(26)16-30-23(29)32-27;1-2/h17-21H,6-16H2,1-5H3;1-2H3. The van der Waals surface area contributed by atoms with Crippen molar-refractivity contribution in [3.05, 3.63) is 0 Å². The first-order chi connectivity index (χ1) is 16.6. The largest absolute Gasteiger partial charge is 0.509 e. The van der Waals surface area contributed by atoms with Crippen LogP contribution in [0.3, 0.4) is 0 Å². The van der Waals surface area contributed by atoms with Gasteiger partial charge in [0, 0.05) is 11.2 Å². The van der Waals surface area contributed by atoms with Crippen LogP contribution in [0.2, 0.25) is 0 Å². The maximum Gasteiger partial charge on any atom is 0.509 e. The first-order valence-electron chi connectivity index (χ1n) is 14.1. The van der Waals surface area contributed by atoms with Crippen LogP contribution < -0.4 is 0 Å². The molecule has 5 rings (SSSR count). The Labute approximate surface area is 217 Å². The van der Waals surface area contributed by atoms with E-state index in [0.717, 1.165) is 44.3 Å². The summed E-state index contributed by atoms with van der Waals surface area (Å²) in [7, 11) is 0. The topological polar surface area (TPSA) is 61.8 Å². The molecule has 6 heteroatoms. The number of hydrogen-bond donors (Lipinski definition) is 0. The predicted octanol–water partition coefficient (Wildman–Crippen LogP) is 7.26. The third-order valence-corrected chi connectivity index (χ3v) is 12.1. The first kappa shape index (κ1) is 27.1. The summed E-state index contributed by atoms with van der Waals surface area (Å²) in [6.07, 6.45) is 11.7. The summed E-state index contributed by atoms with van der Waals surface area (Å²) in [5.41, 5.74) is 0.168. The lowest BCUT2D eigenvalue weighted by Gasteiger charge is -2.66. The van der Waals surface area contributed by atoms with E-state index in [1.807, 2.05) is 27.0 Å². The van der Waals surface area contributed by atoms with Crippen LogP contribution in [0.25, 0.3) is 0 Å². The van der Waals surface area contributed by atoms with Crippen molar-refractivity contribution >= 4 is 23.9 Å². The van der Waals surface area contributed by atoms with E-state index >= 15 is 0 Å². The van der Waals surface area contributed by atoms with Crippen molar-refractivity contribution in [3.63, 3.8) is 0 Å². The Kier molecular flexibility index (Phi) is 7.57. The summed E-state index contributed by atoms with van der Waals surface area (Å²) < 4.78 is 17.3. The molecule has 0 aromatic heterocycles. The molecule has 1 saturated heterocycles. The number of cyclic esters (lactones) is 1. The predicted molar refractivity (Wildman–Crippen MR) is 140 cm³/mol. The molecule has 5 fully saturated rings. The van der Waals surface area contributed by atoms with Crippen LogP contribution in [0.1, 0.15) is 99.3 Å². The van der Waals surface area contributed by atoms with Gasteiger partial charge in [-0.1, -0.05) is 41.5 Å². The molecule has 0 aromatic carbocycles. The van der Waals surface area contributed by atoms with Crippen molar-refractivity contribution in [1.82, 2.24) is 0 Å². The molecule has 9 atom stereocenters. The summed E-state index contributed by atoms with van der Waals surface area (Å²) in [6.45, 7) is 13.9. The highest BCUT2D eigenvalue weighted by molar-refractivity contribution is 7.98. The molecule has 200 valence electrons. The van der Waals surface area contributed by atoms with Gasteiger partial charge in [0.05, 0.1) is 5.92 Å². The first-order valence-corrected chi connectivity index (χ1v) is 15.5. The Bertz CT molecular complexity index is 817. The molecule has 1 spiro atoms. The highest BCUT2D eigenvalue weighted by Crippen LogP contribution is 2.73. The highest BCUT2D eigenvalue weighted by atomic mass is 32.2. The van der Waals surface area contributed by atoms with E-state index in [9.17, 15) is 9.59 Å². The van der Waals surface area contributed by atoms with Gasteiger partial charge < -0.3 is 14.2 Å². The molecule has 0 bridgehead atoms. The van der Waals surface area contributed by atoms with Crippen LogP contribution in [0.4, 0.5) is 4.79 Å². The molecule has 1 aliphatic heterocycles. The van der Waals surface area contributed by atoms with Gasteiger partial charge in [-0.05, 0) is 92.6 Å². The number of carbonyl (C=O) groups is 2. The number of thioether (sulfide) groups is 1. The van der Waals surface area contributed by atoms with E-state index in [1.165, 1.54) is 19.3 Å². The zero-order valence-electron chi connectivity index (χ0n) is 23.1. The number of carbonyl (C=O) groups excluding carboxylic acids is 2. The van der Waals surface area contributed by atoms with Gasteiger partial charge in [-0.25, -0.2) is 4.79 Å². The minimum absolute atomic E-state index is 0.00771. The molecule has 0 N–H and O–H groups in total. The molecule has 4 saturated carbocycles. The van der Waals surface area contributed by atoms with Crippen molar-refractivity contribution in [1.29, 1.82) is 0 Å². The Hall–Kier alpha value is -0.910. The van der Waals surface area contributed by atoms with Crippen molar-refractivity contribution in [2.75, 3.05) is 18.6 Å². The van der Waals surface area contributed by atoms with Gasteiger partial charge >= 0.3 is 12.1 Å². The number of rotatable bonds is 4. The maximum absolute atomic E-state index is 12.5. The number of esters is 1. The molecule has 1 heterocycles. The third kappa shape index (κ3) is 4.12. The average Bonchev–Trinajstić information content (AvgIpc) is 3.36. The molecule has 35 heavy (non-hydrogen) atoms. The zero-order chi connectivity index (χ0) is 25.6. The van der Waals surface area contributed by atoms with Gasteiger partial charge in [-0.3, -0.25) is 4.79 Å². The Morgan fingerprint density at radius 1 is 1.03 bits per heavy atom. The van der Waals surface area contributed by atoms with Crippen LogP contribution in [0.5, 0.6) is 0 Å². The van der Waals surface area contributed by atoms with Crippen LogP contribution in [-0.4, -0.2) is 42.4 Å². The fraction of sp³-hybridized carbons (Fsp3) is 0.931. The molecule has 4 aliphatic carbocycles. The molecular weight excluding hydrogens is 460 g/mol. The molecule has 5 nitrogen and oxygen atoms in total. The monoisotopic (exact) mass is 508 g/mol. The second kappa shape index (κ2) is 9.76. The van der Waals surface area contributed by atoms with Crippen molar-refractivity contribution < 1.29 is 23.8 Å². The van der Waals surface area contributed by atoms with Gasteiger partial charge in [-0.2, -0.15) is 11.8 Å². The fourth-order valence-corrected chi connectivity index (χ4v) is 10.1. The van der Waals surface area contributed by atoms with Crippen molar-refractivity contribution in [3.8, 4) is 0 Å². The van der Waals surface area contributed by atoms with E-state index in [-0.39, 0.29) is 28.8 Å². The van der Waals surface area contributed by atoms with Crippen LogP contribution >= 0.6 is 11.8 Å². The summed E-state index contributed by atoms with van der Waals surface area (Å²) in [5, 5.41) is 0. The maximum atomic E-state index is 12.5. The van der Waals surface area contributed by atoms with E-state index in [1.54, 1.807) is 11.8 Å². The highest BCUT2D eigenvalue weighted by Gasteiger charge is 2.71. The Balaban J connectivity index is 0.00000141. The summed E-state index contributed by atoms with van der Waals surface area (Å²) in [5.74, 6) is 2.67. The van der Waals surface area contributed by atoms with Crippen LogP contribution in [0, 0.1) is 39.9 Å².